The molecule has 0 spiro atoms. The first-order valence-electron chi connectivity index (χ1n) is 5.04. The lowest BCUT2D eigenvalue weighted by Gasteiger charge is -2.19. The Bertz CT molecular complexity index is 379. The van der Waals surface area contributed by atoms with Crippen LogP contribution in [0.3, 0.4) is 0 Å². The van der Waals surface area contributed by atoms with Gasteiger partial charge in [0.25, 0.3) is 0 Å². The number of ketones is 1. The van der Waals surface area contributed by atoms with E-state index in [1.54, 1.807) is 0 Å². The summed E-state index contributed by atoms with van der Waals surface area (Å²) in [6.07, 6.45) is 1.54. The lowest BCUT2D eigenvalue weighted by Crippen LogP contribution is -2.26. The van der Waals surface area contributed by atoms with Gasteiger partial charge in [-0.15, -0.1) is 0 Å². The predicted molar refractivity (Wildman–Crippen MR) is 55.5 cm³/mol. The number of nitrogens with one attached hydrogen (secondary N) is 1. The molecule has 0 aliphatic heterocycles. The van der Waals surface area contributed by atoms with Gasteiger partial charge in [-0.1, -0.05) is 0 Å². The van der Waals surface area contributed by atoms with Crippen LogP contribution in [0.2, 0.25) is 0 Å². The van der Waals surface area contributed by atoms with Gasteiger partial charge in [-0.3, -0.25) is 4.79 Å². The molecule has 0 aromatic carbocycles. The molecule has 0 radical (unpaired) electrons. The second kappa shape index (κ2) is 3.24. The highest BCUT2D eigenvalue weighted by atomic mass is 16.1. The fourth-order valence-corrected chi connectivity index (χ4v) is 2.22. The number of aryl methyl sites for hydroxylation is 1. The first-order chi connectivity index (χ1) is 6.63. The van der Waals surface area contributed by atoms with Crippen LogP contribution in [0, 0.1) is 19.8 Å². The maximum absolute atomic E-state index is 11.8. The first-order valence-corrected chi connectivity index (χ1v) is 5.04. The average Bonchev–Trinajstić information content (AvgIpc) is 2.43. The average molecular weight is 192 g/mol. The molecule has 0 amide bonds. The molecule has 1 heterocycles. The van der Waals surface area contributed by atoms with Gasteiger partial charge in [0.05, 0.1) is 0 Å². The van der Waals surface area contributed by atoms with E-state index in [4.69, 9.17) is 5.73 Å². The standard InChI is InChI=1S/C11H16N2O/c1-6-7(2)13-9-3-8(5-12)4-10(14)11(6)9/h8,13H,3-5,12H2,1-2H3. The number of nitrogens with two attached hydrogens (primary N) is 1. The number of carbonyl (C=O) groups excluding carboxylic acids is 1. The Hall–Kier alpha value is -1.09. The van der Waals surface area contributed by atoms with Gasteiger partial charge < -0.3 is 10.7 Å². The van der Waals surface area contributed by atoms with E-state index < -0.39 is 0 Å². The molecule has 3 heteroatoms. The zero-order chi connectivity index (χ0) is 10.3. The second-order valence-corrected chi connectivity index (χ2v) is 4.16. The third-order valence-corrected chi connectivity index (χ3v) is 3.16. The van der Waals surface area contributed by atoms with E-state index in [1.165, 1.54) is 0 Å². The fourth-order valence-electron chi connectivity index (χ4n) is 2.22. The molecular formula is C11H16N2O. The van der Waals surface area contributed by atoms with Crippen molar-refractivity contribution < 1.29 is 4.79 Å². The Morgan fingerprint density at radius 3 is 2.79 bits per heavy atom. The summed E-state index contributed by atoms with van der Waals surface area (Å²) >= 11 is 0. The number of hydrogen-bond donors (Lipinski definition) is 2. The van der Waals surface area contributed by atoms with Crippen molar-refractivity contribution in [1.82, 2.24) is 4.98 Å². The highest BCUT2D eigenvalue weighted by Gasteiger charge is 2.27. The van der Waals surface area contributed by atoms with E-state index in [-0.39, 0.29) is 5.78 Å². The van der Waals surface area contributed by atoms with Crippen LogP contribution in [0.15, 0.2) is 0 Å². The molecule has 0 saturated heterocycles. The number of hydrogen-bond acceptors (Lipinski definition) is 2. The molecular weight excluding hydrogens is 176 g/mol. The monoisotopic (exact) mass is 192 g/mol. The van der Waals surface area contributed by atoms with Crippen molar-refractivity contribution in [3.8, 4) is 0 Å². The number of H-pyrrole nitrogens is 1. The van der Waals surface area contributed by atoms with Gasteiger partial charge in [-0.05, 0) is 38.3 Å². The SMILES string of the molecule is Cc1[nH]c2c(c1C)C(=O)CC(CN)C2. The van der Waals surface area contributed by atoms with Crippen LogP contribution in [0.4, 0.5) is 0 Å². The lowest BCUT2D eigenvalue weighted by molar-refractivity contribution is 0.0950. The summed E-state index contributed by atoms with van der Waals surface area (Å²) in [6, 6.07) is 0. The number of carbonyl (C=O) groups is 1. The minimum atomic E-state index is 0.253. The highest BCUT2D eigenvalue weighted by Crippen LogP contribution is 2.28. The molecule has 2 rings (SSSR count). The van der Waals surface area contributed by atoms with Crippen LogP contribution < -0.4 is 5.73 Å². The van der Waals surface area contributed by atoms with Gasteiger partial charge in [0.2, 0.25) is 0 Å². The molecule has 14 heavy (non-hydrogen) atoms. The topological polar surface area (TPSA) is 58.9 Å². The van der Waals surface area contributed by atoms with Crippen LogP contribution in [0.25, 0.3) is 0 Å². The van der Waals surface area contributed by atoms with Crippen LogP contribution in [-0.2, 0) is 6.42 Å². The molecule has 1 aromatic heterocycles. The molecule has 0 bridgehead atoms. The molecule has 0 fully saturated rings. The Labute approximate surface area is 83.7 Å². The van der Waals surface area contributed by atoms with E-state index >= 15 is 0 Å². The summed E-state index contributed by atoms with van der Waals surface area (Å²) in [5, 5.41) is 0. The number of Topliss-reactive ketones (excluding diaryl/α,β-unsaturated/α-hetero) is 1. The van der Waals surface area contributed by atoms with Crippen LogP contribution >= 0.6 is 0 Å². The van der Waals surface area contributed by atoms with E-state index in [0.717, 1.165) is 28.9 Å². The highest BCUT2D eigenvalue weighted by molar-refractivity contribution is 6.00. The van der Waals surface area contributed by atoms with Crippen molar-refractivity contribution in [3.05, 3.63) is 22.5 Å². The van der Waals surface area contributed by atoms with Gasteiger partial charge in [-0.25, -0.2) is 0 Å². The van der Waals surface area contributed by atoms with Crippen molar-refractivity contribution in [2.45, 2.75) is 26.7 Å². The summed E-state index contributed by atoms with van der Waals surface area (Å²) in [7, 11) is 0. The third kappa shape index (κ3) is 1.28. The van der Waals surface area contributed by atoms with Crippen molar-refractivity contribution >= 4 is 5.78 Å². The second-order valence-electron chi connectivity index (χ2n) is 4.16. The molecule has 1 aliphatic carbocycles. The maximum Gasteiger partial charge on any atom is 0.165 e. The zero-order valence-corrected chi connectivity index (χ0v) is 8.68. The summed E-state index contributed by atoms with van der Waals surface area (Å²) < 4.78 is 0. The normalized spacial score (nSPS) is 21.1. The lowest BCUT2D eigenvalue weighted by atomic mass is 9.85. The summed E-state index contributed by atoms with van der Waals surface area (Å²) in [4.78, 5) is 15.1. The molecule has 3 nitrogen and oxygen atoms in total. The quantitative estimate of drug-likeness (QED) is 0.705. The number of aromatic nitrogens is 1. The summed E-state index contributed by atoms with van der Waals surface area (Å²) in [5.41, 5.74) is 9.84. The van der Waals surface area contributed by atoms with E-state index in [1.807, 2.05) is 13.8 Å². The Balaban J connectivity index is 2.45. The molecule has 3 N–H and O–H groups in total. The van der Waals surface area contributed by atoms with Crippen LogP contribution in [0.5, 0.6) is 0 Å². The van der Waals surface area contributed by atoms with Crippen molar-refractivity contribution in [3.63, 3.8) is 0 Å². The van der Waals surface area contributed by atoms with E-state index in [2.05, 4.69) is 4.98 Å². The van der Waals surface area contributed by atoms with Gasteiger partial charge in [0.1, 0.15) is 0 Å². The Kier molecular flexibility index (Phi) is 2.19. The Morgan fingerprint density at radius 2 is 2.14 bits per heavy atom. The van der Waals surface area contributed by atoms with Crippen molar-refractivity contribution in [2.24, 2.45) is 11.7 Å². The third-order valence-electron chi connectivity index (χ3n) is 3.16. The van der Waals surface area contributed by atoms with Gasteiger partial charge >= 0.3 is 0 Å². The number of rotatable bonds is 1. The molecule has 76 valence electrons. The molecule has 1 atom stereocenters. The zero-order valence-electron chi connectivity index (χ0n) is 8.68. The van der Waals surface area contributed by atoms with E-state index in [0.29, 0.717) is 18.9 Å². The minimum Gasteiger partial charge on any atom is -0.362 e. The molecule has 1 aromatic rings. The largest absolute Gasteiger partial charge is 0.362 e. The maximum atomic E-state index is 11.8. The Morgan fingerprint density at radius 1 is 1.43 bits per heavy atom. The number of aromatic amines is 1. The van der Waals surface area contributed by atoms with Crippen LogP contribution in [0.1, 0.15) is 33.7 Å². The van der Waals surface area contributed by atoms with Crippen LogP contribution in [-0.4, -0.2) is 17.3 Å². The summed E-state index contributed by atoms with van der Waals surface area (Å²) in [5.74, 6) is 0.580. The molecule has 1 aliphatic rings. The minimum absolute atomic E-state index is 0.253. The number of fused-ring (bicyclic) bond motifs is 1. The first kappa shape index (κ1) is 9.46. The smallest absolute Gasteiger partial charge is 0.165 e. The molecule has 0 saturated carbocycles. The predicted octanol–water partition coefficient (Wildman–Crippen LogP) is 1.34. The fraction of sp³-hybridized carbons (Fsp3) is 0.545. The van der Waals surface area contributed by atoms with E-state index in [9.17, 15) is 4.79 Å². The van der Waals surface area contributed by atoms with Gasteiger partial charge in [0.15, 0.2) is 5.78 Å². The van der Waals surface area contributed by atoms with Crippen molar-refractivity contribution in [2.75, 3.05) is 6.54 Å². The summed E-state index contributed by atoms with van der Waals surface area (Å²) in [6.45, 7) is 4.62. The molecule has 1 unspecified atom stereocenters. The van der Waals surface area contributed by atoms with Gasteiger partial charge in [-0.2, -0.15) is 0 Å². The van der Waals surface area contributed by atoms with Crippen molar-refractivity contribution in [1.29, 1.82) is 0 Å². The van der Waals surface area contributed by atoms with Gasteiger partial charge in [0, 0.05) is 23.4 Å².